The lowest BCUT2D eigenvalue weighted by Gasteiger charge is -1.95. The van der Waals surface area contributed by atoms with Gasteiger partial charge in [0.05, 0.1) is 9.88 Å². The average Bonchev–Trinajstić information content (AvgIpc) is 3.06. The van der Waals surface area contributed by atoms with Gasteiger partial charge in [-0.05, 0) is 31.5 Å². The van der Waals surface area contributed by atoms with Gasteiger partial charge in [-0.15, -0.1) is 0 Å². The highest BCUT2D eigenvalue weighted by Crippen LogP contribution is 2.24. The molecule has 1 aromatic heterocycles. The van der Waals surface area contributed by atoms with Gasteiger partial charge >= 0.3 is 0 Å². The van der Waals surface area contributed by atoms with E-state index in [-0.39, 0.29) is 5.78 Å². The van der Waals surface area contributed by atoms with Crippen LogP contribution in [0.15, 0.2) is 23.3 Å². The topological polar surface area (TPSA) is 54.4 Å². The Morgan fingerprint density at radius 2 is 2.18 bits per heavy atom. The molecule has 22 heavy (non-hydrogen) atoms. The summed E-state index contributed by atoms with van der Waals surface area (Å²) in [5.74, 6) is -0.0777. The first kappa shape index (κ1) is 14.9. The maximum absolute atomic E-state index is 12.3. The van der Waals surface area contributed by atoms with Crippen molar-refractivity contribution in [2.75, 3.05) is 5.43 Å². The number of ketones is 1. The number of carbonyl (C=O) groups is 1. The first-order valence-electron chi connectivity index (χ1n) is 6.87. The summed E-state index contributed by atoms with van der Waals surface area (Å²) in [6.45, 7) is 3.91. The van der Waals surface area contributed by atoms with Crippen LogP contribution in [-0.4, -0.2) is 16.5 Å². The number of hydrogen-bond donors (Lipinski definition) is 1. The van der Waals surface area contributed by atoms with Gasteiger partial charge in [0.2, 0.25) is 10.9 Å². The molecule has 0 saturated heterocycles. The molecular weight excluding hydrogens is 318 g/mol. The Morgan fingerprint density at radius 3 is 2.86 bits per heavy atom. The molecule has 0 unspecified atom stereocenters. The molecule has 0 amide bonds. The Labute approximate surface area is 136 Å². The van der Waals surface area contributed by atoms with Gasteiger partial charge in [0, 0.05) is 17.0 Å². The molecule has 1 heterocycles. The molecule has 0 aliphatic heterocycles. The van der Waals surface area contributed by atoms with Crippen LogP contribution < -0.4 is 15.3 Å². The van der Waals surface area contributed by atoms with E-state index in [1.54, 1.807) is 12.1 Å². The predicted molar refractivity (Wildman–Crippen MR) is 92.2 cm³/mol. The maximum Gasteiger partial charge on any atom is 0.209 e. The highest BCUT2D eigenvalue weighted by molar-refractivity contribution is 7.13. The molecular formula is C16H14ClN3OS. The molecule has 0 saturated carbocycles. The molecule has 4 nitrogen and oxygen atoms in total. The van der Waals surface area contributed by atoms with Gasteiger partial charge in [0.25, 0.3) is 0 Å². The maximum atomic E-state index is 12.3. The summed E-state index contributed by atoms with van der Waals surface area (Å²) in [6, 6.07) is 5.35. The van der Waals surface area contributed by atoms with E-state index in [4.69, 9.17) is 11.6 Å². The Balaban J connectivity index is 1.86. The quantitative estimate of drug-likeness (QED) is 0.861. The van der Waals surface area contributed by atoms with E-state index in [1.165, 1.54) is 11.3 Å². The third kappa shape index (κ3) is 2.69. The SMILES string of the molecule is C/C=c1/nc(N/N=C2/Cc3ccc(Cl)cc3C2=O)s/c1=C/C. The number of aromatic nitrogens is 1. The molecule has 1 N–H and O–H groups in total. The van der Waals surface area contributed by atoms with E-state index in [9.17, 15) is 4.79 Å². The van der Waals surface area contributed by atoms with Crippen molar-refractivity contribution in [3.05, 3.63) is 44.2 Å². The largest absolute Gasteiger partial charge is 0.287 e. The van der Waals surface area contributed by atoms with Crippen LogP contribution in [0, 0.1) is 0 Å². The summed E-state index contributed by atoms with van der Waals surface area (Å²) < 4.78 is 1.08. The van der Waals surface area contributed by atoms with Crippen LogP contribution in [0.25, 0.3) is 12.2 Å². The lowest BCUT2D eigenvalue weighted by Crippen LogP contribution is -2.19. The molecule has 0 bridgehead atoms. The number of nitrogens with one attached hydrogen (secondary N) is 1. The van der Waals surface area contributed by atoms with Crippen molar-refractivity contribution in [1.82, 2.24) is 4.98 Å². The number of thiazole rings is 1. The van der Waals surface area contributed by atoms with Crippen LogP contribution in [0.3, 0.4) is 0 Å². The van der Waals surface area contributed by atoms with Crippen molar-refractivity contribution >= 4 is 51.7 Å². The number of benzene rings is 1. The number of nitrogens with zero attached hydrogens (tertiary/aromatic N) is 2. The molecule has 6 heteroatoms. The zero-order valence-electron chi connectivity index (χ0n) is 12.2. The molecule has 1 aromatic carbocycles. The second kappa shape index (κ2) is 6.02. The van der Waals surface area contributed by atoms with Crippen molar-refractivity contribution in [1.29, 1.82) is 0 Å². The van der Waals surface area contributed by atoms with Gasteiger partial charge in [-0.25, -0.2) is 4.98 Å². The monoisotopic (exact) mass is 331 g/mol. The number of fused-ring (bicyclic) bond motifs is 1. The van der Waals surface area contributed by atoms with Gasteiger partial charge in [-0.3, -0.25) is 10.2 Å². The summed E-state index contributed by atoms with van der Waals surface area (Å²) in [4.78, 5) is 16.7. The fourth-order valence-electron chi connectivity index (χ4n) is 2.34. The van der Waals surface area contributed by atoms with Crippen molar-refractivity contribution < 1.29 is 4.79 Å². The molecule has 0 fully saturated rings. The standard InChI is InChI=1S/C16H14ClN3OS/c1-3-12-14(4-2)22-16(18-12)20-19-13-7-9-5-6-10(17)8-11(9)15(13)21/h3-6,8H,7H2,1-2H3,(H,18,20)/b12-3+,14-4+,19-13-. The summed E-state index contributed by atoms with van der Waals surface area (Å²) in [5, 5.41) is 6.39. The third-order valence-corrected chi connectivity index (χ3v) is 4.72. The number of hydrogen-bond acceptors (Lipinski definition) is 5. The number of hydrazone groups is 1. The van der Waals surface area contributed by atoms with Gasteiger partial charge < -0.3 is 0 Å². The van der Waals surface area contributed by atoms with Crippen molar-refractivity contribution in [2.45, 2.75) is 20.3 Å². The van der Waals surface area contributed by atoms with Gasteiger partial charge in [0.1, 0.15) is 5.71 Å². The van der Waals surface area contributed by atoms with Gasteiger partial charge in [0.15, 0.2) is 0 Å². The molecule has 3 rings (SSSR count). The summed E-state index contributed by atoms with van der Waals surface area (Å²) in [7, 11) is 0. The van der Waals surface area contributed by atoms with E-state index >= 15 is 0 Å². The smallest absolute Gasteiger partial charge is 0.209 e. The number of halogens is 1. The first-order valence-corrected chi connectivity index (χ1v) is 8.07. The second-order valence-corrected chi connectivity index (χ2v) is 6.29. The van der Waals surface area contributed by atoms with Gasteiger partial charge in [-0.1, -0.05) is 41.2 Å². The van der Waals surface area contributed by atoms with E-state index in [1.807, 2.05) is 32.1 Å². The zero-order chi connectivity index (χ0) is 15.7. The minimum atomic E-state index is -0.0777. The molecule has 0 radical (unpaired) electrons. The number of carbonyl (C=O) groups excluding carboxylic acids is 1. The molecule has 0 spiro atoms. The summed E-state index contributed by atoms with van der Waals surface area (Å²) in [5.41, 5.74) is 4.97. The van der Waals surface area contributed by atoms with E-state index in [0.717, 1.165) is 15.4 Å². The number of Topliss-reactive ketones (excluding diaryl/α,β-unsaturated/α-hetero) is 1. The second-order valence-electron chi connectivity index (χ2n) is 4.82. The molecule has 2 aromatic rings. The highest BCUT2D eigenvalue weighted by atomic mass is 35.5. The molecule has 0 atom stereocenters. The Bertz CT molecular complexity index is 867. The van der Waals surface area contributed by atoms with Crippen LogP contribution in [0.2, 0.25) is 5.02 Å². The summed E-state index contributed by atoms with van der Waals surface area (Å²) in [6.07, 6.45) is 4.47. The fraction of sp³-hybridized carbons (Fsp3) is 0.188. The van der Waals surface area contributed by atoms with E-state index in [0.29, 0.717) is 27.9 Å². The minimum Gasteiger partial charge on any atom is -0.287 e. The third-order valence-electron chi connectivity index (χ3n) is 3.44. The van der Waals surface area contributed by atoms with Crippen LogP contribution in [-0.2, 0) is 6.42 Å². The average molecular weight is 332 g/mol. The first-order chi connectivity index (χ1) is 10.6. The normalized spacial score (nSPS) is 17.4. The lowest BCUT2D eigenvalue weighted by atomic mass is 10.1. The molecule has 1 aliphatic carbocycles. The predicted octanol–water partition coefficient (Wildman–Crippen LogP) is 2.60. The highest BCUT2D eigenvalue weighted by Gasteiger charge is 2.26. The lowest BCUT2D eigenvalue weighted by molar-refractivity contribution is 0.106. The van der Waals surface area contributed by atoms with Crippen molar-refractivity contribution in [3.8, 4) is 0 Å². The number of rotatable bonds is 2. The van der Waals surface area contributed by atoms with Crippen LogP contribution in [0.5, 0.6) is 0 Å². The van der Waals surface area contributed by atoms with Crippen LogP contribution in [0.4, 0.5) is 5.13 Å². The van der Waals surface area contributed by atoms with Crippen LogP contribution >= 0.6 is 22.9 Å². The minimum absolute atomic E-state index is 0.0777. The van der Waals surface area contributed by atoms with Crippen molar-refractivity contribution in [2.24, 2.45) is 5.10 Å². The number of anilines is 1. The Morgan fingerprint density at radius 1 is 1.36 bits per heavy atom. The van der Waals surface area contributed by atoms with Gasteiger partial charge in [-0.2, -0.15) is 5.10 Å². The fourth-order valence-corrected chi connectivity index (χ4v) is 3.34. The van der Waals surface area contributed by atoms with Crippen LogP contribution in [0.1, 0.15) is 29.8 Å². The Kier molecular flexibility index (Phi) is 4.09. The Hall–Kier alpha value is -1.98. The zero-order valence-corrected chi connectivity index (χ0v) is 13.8. The molecule has 1 aliphatic rings. The van der Waals surface area contributed by atoms with E-state index < -0.39 is 0 Å². The van der Waals surface area contributed by atoms with Crippen molar-refractivity contribution in [3.63, 3.8) is 0 Å². The summed E-state index contributed by atoms with van der Waals surface area (Å²) >= 11 is 7.44. The molecule has 112 valence electrons. The van der Waals surface area contributed by atoms with E-state index in [2.05, 4.69) is 15.5 Å².